The zero-order valence-electron chi connectivity index (χ0n) is 10.7. The third-order valence-corrected chi connectivity index (χ3v) is 2.86. The van der Waals surface area contributed by atoms with Crippen molar-refractivity contribution < 1.29 is 14.3 Å². The molecule has 0 saturated carbocycles. The molecule has 1 heterocycles. The number of nitrogens with one attached hydrogen (secondary N) is 2. The highest BCUT2D eigenvalue weighted by Crippen LogP contribution is 2.09. The maximum atomic E-state index is 11.7. The highest BCUT2D eigenvalue weighted by molar-refractivity contribution is 5.78. The highest BCUT2D eigenvalue weighted by Gasteiger charge is 2.19. The second kappa shape index (κ2) is 9.39. The van der Waals surface area contributed by atoms with Crippen LogP contribution >= 0.6 is 0 Å². The van der Waals surface area contributed by atoms with E-state index in [0.29, 0.717) is 26.4 Å². The molecule has 1 aliphatic heterocycles. The van der Waals surface area contributed by atoms with Crippen LogP contribution in [0, 0.1) is 5.92 Å². The predicted molar refractivity (Wildman–Crippen MR) is 65.9 cm³/mol. The van der Waals surface area contributed by atoms with E-state index in [-0.39, 0.29) is 11.8 Å². The molecule has 0 radical (unpaired) electrons. The summed E-state index contributed by atoms with van der Waals surface area (Å²) in [5.41, 5.74) is 0. The lowest BCUT2D eigenvalue weighted by molar-refractivity contribution is -0.125. The van der Waals surface area contributed by atoms with E-state index >= 15 is 0 Å². The van der Waals surface area contributed by atoms with Gasteiger partial charge in [-0.05, 0) is 25.8 Å². The third kappa shape index (κ3) is 6.61. The molecule has 0 spiro atoms. The summed E-state index contributed by atoms with van der Waals surface area (Å²) in [5, 5.41) is 6.19. The number of carbonyl (C=O) groups is 1. The molecule has 100 valence electrons. The second-order valence-corrected chi connectivity index (χ2v) is 4.29. The Labute approximate surface area is 103 Å². The summed E-state index contributed by atoms with van der Waals surface area (Å²) < 4.78 is 10.2. The number of methoxy groups -OCH3 is 1. The molecule has 1 rings (SSSR count). The van der Waals surface area contributed by atoms with Gasteiger partial charge in [0.1, 0.15) is 0 Å². The molecular weight excluding hydrogens is 220 g/mol. The topological polar surface area (TPSA) is 59.6 Å². The molecule has 0 aromatic carbocycles. The van der Waals surface area contributed by atoms with Gasteiger partial charge in [0.2, 0.25) is 5.91 Å². The lowest BCUT2D eigenvalue weighted by Crippen LogP contribution is -2.40. The largest absolute Gasteiger partial charge is 0.382 e. The molecule has 0 bridgehead atoms. The molecule has 1 saturated heterocycles. The zero-order valence-corrected chi connectivity index (χ0v) is 10.7. The van der Waals surface area contributed by atoms with Gasteiger partial charge in [-0.2, -0.15) is 0 Å². The smallest absolute Gasteiger partial charge is 0.224 e. The number of amides is 1. The number of carbonyl (C=O) groups excluding carboxylic acids is 1. The Bertz CT molecular complexity index is 206. The quantitative estimate of drug-likeness (QED) is 0.597. The van der Waals surface area contributed by atoms with Gasteiger partial charge in [0.15, 0.2) is 0 Å². The first-order valence-corrected chi connectivity index (χ1v) is 6.39. The molecule has 1 atom stereocenters. The van der Waals surface area contributed by atoms with Crippen molar-refractivity contribution in [3.8, 4) is 0 Å². The number of hydrogen-bond acceptors (Lipinski definition) is 4. The van der Waals surface area contributed by atoms with Crippen molar-refractivity contribution in [2.75, 3.05) is 46.6 Å². The van der Waals surface area contributed by atoms with Gasteiger partial charge in [-0.3, -0.25) is 4.79 Å². The van der Waals surface area contributed by atoms with Crippen molar-refractivity contribution in [3.05, 3.63) is 0 Å². The number of piperidine rings is 1. The van der Waals surface area contributed by atoms with Crippen molar-refractivity contribution in [2.45, 2.75) is 19.3 Å². The van der Waals surface area contributed by atoms with Gasteiger partial charge >= 0.3 is 0 Å². The molecule has 0 aromatic rings. The Morgan fingerprint density at radius 2 is 2.29 bits per heavy atom. The minimum atomic E-state index is 0.151. The summed E-state index contributed by atoms with van der Waals surface area (Å²) >= 11 is 0. The van der Waals surface area contributed by atoms with Crippen LogP contribution in [0.25, 0.3) is 0 Å². The summed E-state index contributed by atoms with van der Waals surface area (Å²) in [6.45, 7) is 4.47. The van der Waals surface area contributed by atoms with Crippen LogP contribution in [0.3, 0.4) is 0 Å². The normalized spacial score (nSPS) is 20.2. The van der Waals surface area contributed by atoms with Gasteiger partial charge in [0.25, 0.3) is 0 Å². The van der Waals surface area contributed by atoms with E-state index < -0.39 is 0 Å². The average Bonchev–Trinajstić information content (AvgIpc) is 2.38. The summed E-state index contributed by atoms with van der Waals surface area (Å²) in [4.78, 5) is 11.7. The SMILES string of the molecule is COCCOCCCNC(=O)[C@H]1CCCNC1. The maximum Gasteiger partial charge on any atom is 0.224 e. The molecule has 0 aromatic heterocycles. The Morgan fingerprint density at radius 3 is 3.00 bits per heavy atom. The Hall–Kier alpha value is -0.650. The molecule has 1 fully saturated rings. The van der Waals surface area contributed by atoms with E-state index in [1.165, 1.54) is 0 Å². The van der Waals surface area contributed by atoms with Crippen LogP contribution in [-0.4, -0.2) is 52.5 Å². The Morgan fingerprint density at radius 1 is 1.41 bits per heavy atom. The van der Waals surface area contributed by atoms with Crippen LogP contribution in [0.15, 0.2) is 0 Å². The molecular formula is C12H24N2O3. The third-order valence-electron chi connectivity index (χ3n) is 2.86. The number of hydrogen-bond donors (Lipinski definition) is 2. The lowest BCUT2D eigenvalue weighted by atomic mass is 9.99. The predicted octanol–water partition coefficient (Wildman–Crippen LogP) is 0.155. The van der Waals surface area contributed by atoms with Crippen LogP contribution in [0.4, 0.5) is 0 Å². The molecule has 2 N–H and O–H groups in total. The van der Waals surface area contributed by atoms with Crippen molar-refractivity contribution in [2.24, 2.45) is 5.92 Å². The fourth-order valence-electron chi connectivity index (χ4n) is 1.85. The van der Waals surface area contributed by atoms with Gasteiger partial charge in [0.05, 0.1) is 19.1 Å². The molecule has 0 aliphatic carbocycles. The minimum Gasteiger partial charge on any atom is -0.382 e. The van der Waals surface area contributed by atoms with Crippen LogP contribution in [0.2, 0.25) is 0 Å². The van der Waals surface area contributed by atoms with E-state index in [9.17, 15) is 4.79 Å². The second-order valence-electron chi connectivity index (χ2n) is 4.29. The van der Waals surface area contributed by atoms with Gasteiger partial charge in [-0.15, -0.1) is 0 Å². The first-order valence-electron chi connectivity index (χ1n) is 6.39. The van der Waals surface area contributed by atoms with Crippen molar-refractivity contribution >= 4 is 5.91 Å². The number of ether oxygens (including phenoxy) is 2. The summed E-state index contributed by atoms with van der Waals surface area (Å²) in [6.07, 6.45) is 2.96. The summed E-state index contributed by atoms with van der Waals surface area (Å²) in [5.74, 6) is 0.326. The van der Waals surface area contributed by atoms with E-state index in [1.54, 1.807) is 7.11 Å². The molecule has 1 aliphatic rings. The van der Waals surface area contributed by atoms with E-state index in [2.05, 4.69) is 10.6 Å². The van der Waals surface area contributed by atoms with Gasteiger partial charge in [-0.1, -0.05) is 0 Å². The molecule has 0 unspecified atom stereocenters. The first-order chi connectivity index (χ1) is 8.34. The van der Waals surface area contributed by atoms with E-state index in [4.69, 9.17) is 9.47 Å². The zero-order chi connectivity index (χ0) is 12.3. The molecule has 5 heteroatoms. The van der Waals surface area contributed by atoms with Crippen LogP contribution in [0.5, 0.6) is 0 Å². The fraction of sp³-hybridized carbons (Fsp3) is 0.917. The maximum absolute atomic E-state index is 11.7. The van der Waals surface area contributed by atoms with E-state index in [0.717, 1.165) is 32.4 Å². The van der Waals surface area contributed by atoms with Gasteiger partial charge in [-0.25, -0.2) is 0 Å². The fourth-order valence-corrected chi connectivity index (χ4v) is 1.85. The summed E-state index contributed by atoms with van der Waals surface area (Å²) in [7, 11) is 1.65. The van der Waals surface area contributed by atoms with Crippen molar-refractivity contribution in [3.63, 3.8) is 0 Å². The van der Waals surface area contributed by atoms with Crippen LogP contribution < -0.4 is 10.6 Å². The average molecular weight is 244 g/mol. The van der Waals surface area contributed by atoms with Gasteiger partial charge < -0.3 is 20.1 Å². The van der Waals surface area contributed by atoms with Crippen molar-refractivity contribution in [1.82, 2.24) is 10.6 Å². The minimum absolute atomic E-state index is 0.151. The first kappa shape index (κ1) is 14.4. The molecule has 5 nitrogen and oxygen atoms in total. The van der Waals surface area contributed by atoms with Crippen molar-refractivity contribution in [1.29, 1.82) is 0 Å². The Balaban J connectivity index is 1.92. The highest BCUT2D eigenvalue weighted by atomic mass is 16.5. The number of rotatable bonds is 8. The van der Waals surface area contributed by atoms with E-state index in [1.807, 2.05) is 0 Å². The summed E-state index contributed by atoms with van der Waals surface area (Å²) in [6, 6.07) is 0. The monoisotopic (exact) mass is 244 g/mol. The van der Waals surface area contributed by atoms with Crippen LogP contribution in [0.1, 0.15) is 19.3 Å². The van der Waals surface area contributed by atoms with Gasteiger partial charge in [0, 0.05) is 26.8 Å². The van der Waals surface area contributed by atoms with Crippen LogP contribution in [-0.2, 0) is 14.3 Å². The molecule has 17 heavy (non-hydrogen) atoms. The Kier molecular flexibility index (Phi) is 7.96. The standard InChI is InChI=1S/C12H24N2O3/c1-16-8-9-17-7-3-6-14-12(15)11-4-2-5-13-10-11/h11,13H,2-10H2,1H3,(H,14,15)/t11-/m0/s1. The lowest BCUT2D eigenvalue weighted by Gasteiger charge is -2.21. The molecule has 1 amide bonds.